The van der Waals surface area contributed by atoms with Crippen LogP contribution >= 0.6 is 0 Å². The molecule has 4 rings (SSSR count). The second kappa shape index (κ2) is 8.38. The second-order valence-electron chi connectivity index (χ2n) is 7.82. The van der Waals surface area contributed by atoms with Crippen molar-refractivity contribution in [3.8, 4) is 5.75 Å². The number of methoxy groups -OCH3 is 1. The Hall–Kier alpha value is -3.03. The Morgan fingerprint density at radius 1 is 1.17 bits per heavy atom. The molecule has 1 saturated heterocycles. The van der Waals surface area contributed by atoms with Crippen LogP contribution < -0.4 is 14.5 Å². The Morgan fingerprint density at radius 3 is 2.63 bits per heavy atom. The lowest BCUT2D eigenvalue weighted by Gasteiger charge is -2.40. The van der Waals surface area contributed by atoms with Crippen LogP contribution in [0.3, 0.4) is 0 Å². The van der Waals surface area contributed by atoms with Crippen LogP contribution in [0, 0.1) is 6.92 Å². The predicted octanol–water partition coefficient (Wildman–Crippen LogP) is 2.06. The highest BCUT2D eigenvalue weighted by molar-refractivity contribution is 6.01. The lowest BCUT2D eigenvalue weighted by atomic mass is 10.1. The lowest BCUT2D eigenvalue weighted by molar-refractivity contribution is -0.135. The molecule has 1 fully saturated rings. The number of carbonyl (C=O) groups excluding carboxylic acids is 2. The van der Waals surface area contributed by atoms with Gasteiger partial charge in [-0.1, -0.05) is 13.0 Å². The van der Waals surface area contributed by atoms with Gasteiger partial charge < -0.3 is 14.5 Å². The zero-order chi connectivity index (χ0) is 21.3. The first-order valence-electron chi connectivity index (χ1n) is 10.6. The van der Waals surface area contributed by atoms with Crippen LogP contribution in [-0.4, -0.2) is 65.8 Å². The van der Waals surface area contributed by atoms with Crippen LogP contribution in [0.25, 0.3) is 0 Å². The standard InChI is InChI=1S/C22H29N5O3/c1-4-19(27-20-14-16(2)23-26(20)9-8-21(27)28)22(29)25-12-10-24(11-13-25)17-6-5-7-18(15-17)30-3/h5-7,14-15,19H,4,8-13H2,1-3H3/t19-/m1/s1. The van der Waals surface area contributed by atoms with E-state index in [0.717, 1.165) is 36.0 Å². The van der Waals surface area contributed by atoms with Gasteiger partial charge in [0.25, 0.3) is 0 Å². The quantitative estimate of drug-likeness (QED) is 0.753. The number of nitrogens with zero attached hydrogens (tertiary/aromatic N) is 5. The minimum absolute atomic E-state index is 0.00221. The molecule has 2 aliphatic heterocycles. The third-order valence-electron chi connectivity index (χ3n) is 5.93. The molecule has 3 heterocycles. The van der Waals surface area contributed by atoms with Crippen LogP contribution in [0.2, 0.25) is 0 Å². The molecule has 160 valence electrons. The second-order valence-corrected chi connectivity index (χ2v) is 7.82. The van der Waals surface area contributed by atoms with Crippen LogP contribution in [0.5, 0.6) is 5.75 Å². The third kappa shape index (κ3) is 3.74. The maximum Gasteiger partial charge on any atom is 0.245 e. The Labute approximate surface area is 177 Å². The number of amides is 2. The van der Waals surface area contributed by atoms with Gasteiger partial charge in [-0.3, -0.25) is 14.5 Å². The molecule has 1 atom stereocenters. The van der Waals surface area contributed by atoms with Crippen molar-refractivity contribution < 1.29 is 14.3 Å². The highest BCUT2D eigenvalue weighted by Crippen LogP contribution is 2.27. The Bertz CT molecular complexity index is 933. The van der Waals surface area contributed by atoms with Gasteiger partial charge in [-0.25, -0.2) is 4.68 Å². The van der Waals surface area contributed by atoms with Gasteiger partial charge in [0.2, 0.25) is 11.8 Å². The Kier molecular flexibility index (Phi) is 5.65. The first-order valence-corrected chi connectivity index (χ1v) is 10.6. The van der Waals surface area contributed by atoms with Gasteiger partial charge in [0.1, 0.15) is 17.6 Å². The summed E-state index contributed by atoms with van der Waals surface area (Å²) >= 11 is 0. The first kappa shape index (κ1) is 20.3. The SMILES string of the molecule is CC[C@H](C(=O)N1CCN(c2cccc(OC)c2)CC1)N1C(=O)CCn2nc(C)cc21. The van der Waals surface area contributed by atoms with Gasteiger partial charge in [-0.2, -0.15) is 5.10 Å². The summed E-state index contributed by atoms with van der Waals surface area (Å²) in [7, 11) is 1.66. The number of anilines is 2. The fourth-order valence-corrected chi connectivity index (χ4v) is 4.34. The molecular formula is C22H29N5O3. The van der Waals surface area contributed by atoms with Crippen molar-refractivity contribution in [2.24, 2.45) is 0 Å². The van der Waals surface area contributed by atoms with E-state index >= 15 is 0 Å². The molecule has 0 spiro atoms. The van der Waals surface area contributed by atoms with Crippen molar-refractivity contribution in [2.75, 3.05) is 43.1 Å². The molecular weight excluding hydrogens is 382 g/mol. The van der Waals surface area contributed by atoms with E-state index in [9.17, 15) is 9.59 Å². The monoisotopic (exact) mass is 411 g/mol. The predicted molar refractivity (Wildman–Crippen MR) is 115 cm³/mol. The summed E-state index contributed by atoms with van der Waals surface area (Å²) < 4.78 is 7.16. The smallest absolute Gasteiger partial charge is 0.245 e. The van der Waals surface area contributed by atoms with Gasteiger partial charge in [0.15, 0.2) is 0 Å². The summed E-state index contributed by atoms with van der Waals surface area (Å²) in [5.41, 5.74) is 1.96. The van der Waals surface area contributed by atoms with E-state index in [4.69, 9.17) is 4.74 Å². The topological polar surface area (TPSA) is 70.9 Å². The number of hydrogen-bond donors (Lipinski definition) is 0. The largest absolute Gasteiger partial charge is 0.497 e. The van der Waals surface area contributed by atoms with E-state index in [1.807, 2.05) is 47.7 Å². The molecule has 0 bridgehead atoms. The number of carbonyl (C=O) groups is 2. The average molecular weight is 412 g/mol. The normalized spacial score (nSPS) is 17.7. The zero-order valence-corrected chi connectivity index (χ0v) is 17.9. The minimum Gasteiger partial charge on any atom is -0.497 e. The molecule has 30 heavy (non-hydrogen) atoms. The minimum atomic E-state index is -0.490. The van der Waals surface area contributed by atoms with Crippen LogP contribution in [-0.2, 0) is 16.1 Å². The maximum atomic E-state index is 13.4. The number of aryl methyl sites for hydroxylation is 2. The van der Waals surface area contributed by atoms with Gasteiger partial charge in [-0.05, 0) is 25.5 Å². The van der Waals surface area contributed by atoms with Gasteiger partial charge in [0, 0.05) is 50.4 Å². The third-order valence-corrected chi connectivity index (χ3v) is 5.93. The van der Waals surface area contributed by atoms with Crippen LogP contribution in [0.15, 0.2) is 30.3 Å². The van der Waals surface area contributed by atoms with E-state index < -0.39 is 6.04 Å². The molecule has 0 N–H and O–H groups in total. The van der Waals surface area contributed by atoms with E-state index in [2.05, 4.69) is 16.1 Å². The van der Waals surface area contributed by atoms with Crippen molar-refractivity contribution in [1.29, 1.82) is 0 Å². The molecule has 1 aromatic heterocycles. The summed E-state index contributed by atoms with van der Waals surface area (Å²) in [6, 6.07) is 9.39. The molecule has 0 aliphatic carbocycles. The molecule has 0 saturated carbocycles. The average Bonchev–Trinajstić information content (AvgIpc) is 3.16. The fraction of sp³-hybridized carbons (Fsp3) is 0.500. The molecule has 2 aliphatic rings. The Morgan fingerprint density at radius 2 is 1.93 bits per heavy atom. The number of piperazine rings is 1. The van der Waals surface area contributed by atoms with Gasteiger partial charge in [-0.15, -0.1) is 0 Å². The zero-order valence-electron chi connectivity index (χ0n) is 17.9. The van der Waals surface area contributed by atoms with E-state index in [0.29, 0.717) is 32.5 Å². The molecule has 2 amide bonds. The maximum absolute atomic E-state index is 13.4. The van der Waals surface area contributed by atoms with Gasteiger partial charge >= 0.3 is 0 Å². The van der Waals surface area contributed by atoms with Crippen molar-refractivity contribution >= 4 is 23.3 Å². The molecule has 0 radical (unpaired) electrons. The molecule has 0 unspecified atom stereocenters. The highest BCUT2D eigenvalue weighted by atomic mass is 16.5. The number of fused-ring (bicyclic) bond motifs is 1. The number of benzene rings is 1. The van der Waals surface area contributed by atoms with Crippen molar-refractivity contribution in [2.45, 2.75) is 39.3 Å². The van der Waals surface area contributed by atoms with Crippen LogP contribution in [0.4, 0.5) is 11.5 Å². The van der Waals surface area contributed by atoms with E-state index in [1.165, 1.54) is 0 Å². The summed E-state index contributed by atoms with van der Waals surface area (Å²) in [5.74, 6) is 1.58. The van der Waals surface area contributed by atoms with E-state index in [-0.39, 0.29) is 11.8 Å². The molecule has 2 aromatic rings. The number of hydrogen-bond acceptors (Lipinski definition) is 5. The van der Waals surface area contributed by atoms with E-state index in [1.54, 1.807) is 12.0 Å². The van der Waals surface area contributed by atoms with Crippen molar-refractivity contribution in [1.82, 2.24) is 14.7 Å². The number of rotatable bonds is 5. The van der Waals surface area contributed by atoms with Gasteiger partial charge in [0.05, 0.1) is 19.3 Å². The van der Waals surface area contributed by atoms with Crippen molar-refractivity contribution in [3.05, 3.63) is 36.0 Å². The molecule has 1 aromatic carbocycles. The summed E-state index contributed by atoms with van der Waals surface area (Å²) in [4.78, 5) is 32.0. The molecule has 8 nitrogen and oxygen atoms in total. The van der Waals surface area contributed by atoms with Crippen LogP contribution in [0.1, 0.15) is 25.5 Å². The summed E-state index contributed by atoms with van der Waals surface area (Å²) in [6.07, 6.45) is 0.951. The summed E-state index contributed by atoms with van der Waals surface area (Å²) in [5, 5.41) is 4.46. The lowest BCUT2D eigenvalue weighted by Crippen LogP contribution is -2.57. The molecule has 8 heteroatoms. The van der Waals surface area contributed by atoms with Crippen molar-refractivity contribution in [3.63, 3.8) is 0 Å². The highest BCUT2D eigenvalue weighted by Gasteiger charge is 2.37. The summed E-state index contributed by atoms with van der Waals surface area (Å²) in [6.45, 7) is 7.21. The fourth-order valence-electron chi connectivity index (χ4n) is 4.34. The number of ether oxygens (including phenoxy) is 1. The first-order chi connectivity index (χ1) is 14.5. The Balaban J connectivity index is 1.47. The number of aromatic nitrogens is 2.